The van der Waals surface area contributed by atoms with E-state index in [9.17, 15) is 19.6 Å². The molecule has 28 heavy (non-hydrogen) atoms. The number of rotatable bonds is 6. The Bertz CT molecular complexity index is 760. The van der Waals surface area contributed by atoms with E-state index in [0.29, 0.717) is 5.69 Å². The maximum atomic E-state index is 12.1. The van der Waals surface area contributed by atoms with Crippen molar-refractivity contribution in [2.75, 3.05) is 11.9 Å². The average Bonchev–Trinajstić information content (AvgIpc) is 2.58. The van der Waals surface area contributed by atoms with Crippen LogP contribution in [-0.2, 0) is 14.3 Å². The number of esters is 1. The van der Waals surface area contributed by atoms with E-state index < -0.39 is 35.7 Å². The van der Waals surface area contributed by atoms with Gasteiger partial charge in [0.05, 0.1) is 11.6 Å². The number of nitriles is 1. The lowest BCUT2D eigenvalue weighted by atomic mass is 9.90. The number of nitrogens with zero attached hydrogens (tertiary/aromatic N) is 1. The largest absolute Gasteiger partial charge is 0.452 e. The van der Waals surface area contributed by atoms with Crippen molar-refractivity contribution >= 4 is 23.7 Å². The molecule has 0 unspecified atom stereocenters. The Kier molecular flexibility index (Phi) is 7.56. The van der Waals surface area contributed by atoms with E-state index >= 15 is 0 Å². The SMILES string of the molecule is CC(C)[C@@](C)(C#N)NC(=O)COC(=O)c1ccc(NC(=O)OC(C)(C)C)cc1. The Labute approximate surface area is 165 Å². The van der Waals surface area contributed by atoms with Crippen LogP contribution in [-0.4, -0.2) is 35.7 Å². The molecular formula is C20H27N3O5. The summed E-state index contributed by atoms with van der Waals surface area (Å²) in [5.41, 5.74) is -0.996. The van der Waals surface area contributed by atoms with Crippen LogP contribution in [0.3, 0.4) is 0 Å². The van der Waals surface area contributed by atoms with E-state index in [0.717, 1.165) is 0 Å². The zero-order valence-electron chi connectivity index (χ0n) is 17.1. The number of carbonyl (C=O) groups is 3. The fourth-order valence-corrected chi connectivity index (χ4v) is 1.95. The van der Waals surface area contributed by atoms with Crippen molar-refractivity contribution in [1.29, 1.82) is 5.26 Å². The summed E-state index contributed by atoms with van der Waals surface area (Å²) >= 11 is 0. The van der Waals surface area contributed by atoms with Gasteiger partial charge in [0.15, 0.2) is 6.61 Å². The van der Waals surface area contributed by atoms with Crippen molar-refractivity contribution in [1.82, 2.24) is 5.32 Å². The van der Waals surface area contributed by atoms with E-state index in [2.05, 4.69) is 10.6 Å². The fourth-order valence-electron chi connectivity index (χ4n) is 1.95. The first-order chi connectivity index (χ1) is 12.9. The second-order valence-electron chi connectivity index (χ2n) is 7.80. The van der Waals surface area contributed by atoms with Crippen molar-refractivity contribution in [3.63, 3.8) is 0 Å². The highest BCUT2D eigenvalue weighted by Gasteiger charge is 2.30. The van der Waals surface area contributed by atoms with E-state index in [1.54, 1.807) is 27.7 Å². The third-order valence-electron chi connectivity index (χ3n) is 3.89. The molecule has 2 amide bonds. The Morgan fingerprint density at radius 1 is 1.11 bits per heavy atom. The second-order valence-corrected chi connectivity index (χ2v) is 7.80. The molecule has 0 bridgehead atoms. The van der Waals surface area contributed by atoms with Crippen LogP contribution in [0, 0.1) is 17.2 Å². The summed E-state index contributed by atoms with van der Waals surface area (Å²) in [6.07, 6.45) is -0.606. The van der Waals surface area contributed by atoms with Crippen molar-refractivity contribution in [3.8, 4) is 6.07 Å². The maximum Gasteiger partial charge on any atom is 0.412 e. The quantitative estimate of drug-likeness (QED) is 0.721. The van der Waals surface area contributed by atoms with Gasteiger partial charge in [-0.05, 0) is 57.9 Å². The number of ether oxygens (including phenoxy) is 2. The molecule has 0 heterocycles. The highest BCUT2D eigenvalue weighted by molar-refractivity contribution is 5.92. The van der Waals surface area contributed by atoms with Crippen LogP contribution in [0.2, 0.25) is 0 Å². The van der Waals surface area contributed by atoms with Gasteiger partial charge < -0.3 is 14.8 Å². The summed E-state index contributed by atoms with van der Waals surface area (Å²) in [5.74, 6) is -1.36. The molecule has 2 N–H and O–H groups in total. The van der Waals surface area contributed by atoms with Crippen molar-refractivity contribution < 1.29 is 23.9 Å². The van der Waals surface area contributed by atoms with Gasteiger partial charge in [-0.3, -0.25) is 10.1 Å². The molecule has 0 spiro atoms. The summed E-state index contributed by atoms with van der Waals surface area (Å²) in [6.45, 7) is 9.98. The topological polar surface area (TPSA) is 118 Å². The van der Waals surface area contributed by atoms with Gasteiger partial charge in [-0.15, -0.1) is 0 Å². The van der Waals surface area contributed by atoms with E-state index in [1.165, 1.54) is 24.3 Å². The van der Waals surface area contributed by atoms with E-state index in [1.807, 2.05) is 19.9 Å². The van der Waals surface area contributed by atoms with Gasteiger partial charge in [-0.2, -0.15) is 5.26 Å². The molecule has 0 saturated heterocycles. The van der Waals surface area contributed by atoms with Crippen molar-refractivity contribution in [2.24, 2.45) is 5.92 Å². The molecule has 0 aromatic heterocycles. The van der Waals surface area contributed by atoms with Gasteiger partial charge in [0.2, 0.25) is 0 Å². The third kappa shape index (κ3) is 7.27. The third-order valence-corrected chi connectivity index (χ3v) is 3.89. The minimum absolute atomic E-state index is 0.109. The molecule has 0 aliphatic rings. The van der Waals surface area contributed by atoms with Crippen LogP contribution < -0.4 is 10.6 Å². The van der Waals surface area contributed by atoms with Gasteiger partial charge in [-0.1, -0.05) is 13.8 Å². The molecule has 1 atom stereocenters. The molecule has 0 saturated carbocycles. The summed E-state index contributed by atoms with van der Waals surface area (Å²) < 4.78 is 10.1. The van der Waals surface area contributed by atoms with Crippen molar-refractivity contribution in [2.45, 2.75) is 52.7 Å². The summed E-state index contributed by atoms with van der Waals surface area (Å²) in [4.78, 5) is 35.7. The summed E-state index contributed by atoms with van der Waals surface area (Å²) in [7, 11) is 0. The van der Waals surface area contributed by atoms with Crippen LogP contribution in [0.1, 0.15) is 51.9 Å². The molecule has 0 aliphatic carbocycles. The Morgan fingerprint density at radius 2 is 1.68 bits per heavy atom. The molecule has 1 aromatic carbocycles. The predicted octanol–water partition coefficient (Wildman–Crippen LogP) is 3.24. The van der Waals surface area contributed by atoms with Gasteiger partial charge in [0, 0.05) is 5.69 Å². The normalized spacial score (nSPS) is 13.1. The first-order valence-corrected chi connectivity index (χ1v) is 8.86. The Hall–Kier alpha value is -3.08. The first kappa shape index (κ1) is 23.0. The molecule has 1 rings (SSSR count). The number of benzene rings is 1. The van der Waals surface area contributed by atoms with Gasteiger partial charge in [0.25, 0.3) is 5.91 Å². The Morgan fingerprint density at radius 3 is 2.14 bits per heavy atom. The number of nitrogens with one attached hydrogen (secondary N) is 2. The van der Waals surface area contributed by atoms with Crippen LogP contribution in [0.4, 0.5) is 10.5 Å². The van der Waals surface area contributed by atoms with E-state index in [4.69, 9.17) is 9.47 Å². The van der Waals surface area contributed by atoms with Crippen LogP contribution in [0.25, 0.3) is 0 Å². The fraction of sp³-hybridized carbons (Fsp3) is 0.500. The highest BCUT2D eigenvalue weighted by atomic mass is 16.6. The molecule has 8 heteroatoms. The van der Waals surface area contributed by atoms with Crippen LogP contribution >= 0.6 is 0 Å². The molecule has 0 fully saturated rings. The molecular weight excluding hydrogens is 362 g/mol. The predicted molar refractivity (Wildman–Crippen MR) is 104 cm³/mol. The standard InChI is InChI=1S/C20H27N3O5/c1-13(2)20(6,12-21)23-16(24)11-27-17(25)14-7-9-15(10-8-14)22-18(26)28-19(3,4)5/h7-10,13H,11H2,1-6H3,(H,22,26)(H,23,24)/t20-/m1/s1. The number of hydrogen-bond acceptors (Lipinski definition) is 6. The smallest absolute Gasteiger partial charge is 0.412 e. The molecule has 8 nitrogen and oxygen atoms in total. The second kappa shape index (κ2) is 9.22. The average molecular weight is 389 g/mol. The zero-order chi connectivity index (χ0) is 21.5. The molecule has 0 aliphatic heterocycles. The number of amides is 2. The highest BCUT2D eigenvalue weighted by Crippen LogP contribution is 2.15. The lowest BCUT2D eigenvalue weighted by Crippen LogP contribution is -2.50. The van der Waals surface area contributed by atoms with Gasteiger partial charge in [0.1, 0.15) is 11.1 Å². The maximum absolute atomic E-state index is 12.1. The van der Waals surface area contributed by atoms with Crippen LogP contribution in [0.5, 0.6) is 0 Å². The van der Waals surface area contributed by atoms with E-state index in [-0.39, 0.29) is 11.5 Å². The van der Waals surface area contributed by atoms with Gasteiger partial charge >= 0.3 is 12.1 Å². The molecule has 152 valence electrons. The Balaban J connectivity index is 2.59. The number of hydrogen-bond donors (Lipinski definition) is 2. The summed E-state index contributed by atoms with van der Waals surface area (Å²) in [6, 6.07) is 8.00. The van der Waals surface area contributed by atoms with Crippen molar-refractivity contribution in [3.05, 3.63) is 29.8 Å². The lowest BCUT2D eigenvalue weighted by molar-refractivity contribution is -0.125. The zero-order valence-corrected chi connectivity index (χ0v) is 17.1. The van der Waals surface area contributed by atoms with Crippen LogP contribution in [0.15, 0.2) is 24.3 Å². The first-order valence-electron chi connectivity index (χ1n) is 8.86. The monoisotopic (exact) mass is 389 g/mol. The van der Waals surface area contributed by atoms with Gasteiger partial charge in [-0.25, -0.2) is 9.59 Å². The molecule has 1 aromatic rings. The lowest BCUT2D eigenvalue weighted by Gasteiger charge is -2.27. The molecule has 0 radical (unpaired) electrons. The number of anilines is 1. The minimum atomic E-state index is -1.04. The number of carbonyl (C=O) groups excluding carboxylic acids is 3. The summed E-state index contributed by atoms with van der Waals surface area (Å²) in [5, 5.41) is 14.3. The minimum Gasteiger partial charge on any atom is -0.452 e.